The molecular formula is C24H32OSi. The summed E-state index contributed by atoms with van der Waals surface area (Å²) in [5.41, 5.74) is 1.30. The molecule has 0 fully saturated rings. The quantitative estimate of drug-likeness (QED) is 0.292. The van der Waals surface area contributed by atoms with Gasteiger partial charge >= 0.3 is 0 Å². The lowest BCUT2D eigenvalue weighted by Crippen LogP contribution is -2.41. The van der Waals surface area contributed by atoms with E-state index >= 15 is 0 Å². The second-order valence-electron chi connectivity index (χ2n) is 7.69. The third-order valence-electron chi connectivity index (χ3n) is 5.41. The van der Waals surface area contributed by atoms with Crippen molar-refractivity contribution >= 4 is 29.9 Å². The lowest BCUT2D eigenvalue weighted by molar-refractivity contribution is 0.529. The molecule has 0 saturated heterocycles. The fourth-order valence-corrected chi connectivity index (χ4v) is 8.80. The molecule has 3 rings (SSSR count). The highest BCUT2D eigenvalue weighted by molar-refractivity contribution is 6.74. The molecule has 0 amide bonds. The molecule has 0 bridgehead atoms. The SMILES string of the molecule is CCC[Si](CCC)(CCC)Oc1c2ccccc2cc2ccc(C)cc12. The van der Waals surface area contributed by atoms with Crippen LogP contribution in [0, 0.1) is 6.92 Å². The number of hydrogen-bond donors (Lipinski definition) is 0. The van der Waals surface area contributed by atoms with E-state index in [0.29, 0.717) is 0 Å². The average molecular weight is 365 g/mol. The normalized spacial score (nSPS) is 12.0. The molecule has 0 saturated carbocycles. The molecule has 0 spiro atoms. The zero-order valence-electron chi connectivity index (χ0n) is 16.8. The highest BCUT2D eigenvalue weighted by atomic mass is 28.4. The monoisotopic (exact) mass is 364 g/mol. The van der Waals surface area contributed by atoms with Crippen LogP contribution in [0.15, 0.2) is 48.5 Å². The topological polar surface area (TPSA) is 9.23 Å². The van der Waals surface area contributed by atoms with Gasteiger partial charge < -0.3 is 4.43 Å². The van der Waals surface area contributed by atoms with Crippen LogP contribution < -0.4 is 4.43 Å². The summed E-state index contributed by atoms with van der Waals surface area (Å²) in [5.74, 6) is 1.14. The highest BCUT2D eigenvalue weighted by Crippen LogP contribution is 2.39. The van der Waals surface area contributed by atoms with E-state index in [4.69, 9.17) is 4.43 Å². The largest absolute Gasteiger partial charge is 0.543 e. The highest BCUT2D eigenvalue weighted by Gasteiger charge is 2.35. The molecule has 3 aromatic rings. The second-order valence-corrected chi connectivity index (χ2v) is 11.8. The molecular weight excluding hydrogens is 332 g/mol. The van der Waals surface area contributed by atoms with Gasteiger partial charge in [0.1, 0.15) is 5.75 Å². The fraction of sp³-hybridized carbons (Fsp3) is 0.417. The molecule has 0 unspecified atom stereocenters. The lowest BCUT2D eigenvalue weighted by Gasteiger charge is -2.33. The number of aryl methyl sites for hydroxylation is 1. The zero-order chi connectivity index (χ0) is 18.6. The molecule has 0 heterocycles. The average Bonchev–Trinajstić information content (AvgIpc) is 2.63. The summed E-state index contributed by atoms with van der Waals surface area (Å²) in [5, 5.41) is 5.12. The van der Waals surface area contributed by atoms with Crippen LogP contribution in [0.1, 0.15) is 45.6 Å². The molecule has 0 atom stereocenters. The van der Waals surface area contributed by atoms with E-state index in [2.05, 4.69) is 76.2 Å². The maximum atomic E-state index is 7.14. The molecule has 0 N–H and O–H groups in total. The van der Waals surface area contributed by atoms with Gasteiger partial charge in [0.05, 0.1) is 0 Å². The third-order valence-corrected chi connectivity index (χ3v) is 10.3. The van der Waals surface area contributed by atoms with Gasteiger partial charge in [0.2, 0.25) is 0 Å². The Morgan fingerprint density at radius 1 is 0.731 bits per heavy atom. The zero-order valence-corrected chi connectivity index (χ0v) is 17.8. The predicted octanol–water partition coefficient (Wildman–Crippen LogP) is 7.86. The van der Waals surface area contributed by atoms with Gasteiger partial charge in [-0.1, -0.05) is 82.0 Å². The summed E-state index contributed by atoms with van der Waals surface area (Å²) in [7, 11) is -1.79. The molecule has 0 aliphatic heterocycles. The summed E-state index contributed by atoms with van der Waals surface area (Å²) in [6.45, 7) is 9.10. The van der Waals surface area contributed by atoms with Crippen LogP contribution in [0.5, 0.6) is 5.75 Å². The molecule has 1 nitrogen and oxygen atoms in total. The summed E-state index contributed by atoms with van der Waals surface area (Å²) in [6, 6.07) is 21.5. The molecule has 138 valence electrons. The maximum absolute atomic E-state index is 7.14. The van der Waals surface area contributed by atoms with Crippen LogP contribution in [0.3, 0.4) is 0 Å². The summed E-state index contributed by atoms with van der Waals surface area (Å²) < 4.78 is 7.14. The Labute approximate surface area is 159 Å². The van der Waals surface area contributed by atoms with Gasteiger partial charge in [-0.2, -0.15) is 0 Å². The molecule has 0 aromatic heterocycles. The van der Waals surface area contributed by atoms with E-state index < -0.39 is 8.32 Å². The van der Waals surface area contributed by atoms with E-state index in [9.17, 15) is 0 Å². The van der Waals surface area contributed by atoms with Crippen molar-refractivity contribution in [2.75, 3.05) is 0 Å². The van der Waals surface area contributed by atoms with E-state index in [0.717, 1.165) is 5.75 Å². The Kier molecular flexibility index (Phi) is 6.03. The second kappa shape index (κ2) is 8.26. The van der Waals surface area contributed by atoms with Crippen molar-refractivity contribution in [3.63, 3.8) is 0 Å². The van der Waals surface area contributed by atoms with Crippen LogP contribution in [0.2, 0.25) is 18.1 Å². The minimum atomic E-state index is -1.79. The van der Waals surface area contributed by atoms with Gasteiger partial charge in [-0.05, 0) is 48.0 Å². The summed E-state index contributed by atoms with van der Waals surface area (Å²) in [6.07, 6.45) is 3.65. The Morgan fingerprint density at radius 3 is 2.00 bits per heavy atom. The van der Waals surface area contributed by atoms with Crippen LogP contribution in [0.4, 0.5) is 0 Å². The van der Waals surface area contributed by atoms with Gasteiger partial charge in [0.15, 0.2) is 0 Å². The van der Waals surface area contributed by atoms with Crippen LogP contribution in [0.25, 0.3) is 21.5 Å². The van der Waals surface area contributed by atoms with Crippen molar-refractivity contribution in [3.8, 4) is 5.75 Å². The molecule has 0 radical (unpaired) electrons. The van der Waals surface area contributed by atoms with Crippen molar-refractivity contribution in [2.24, 2.45) is 0 Å². The smallest absolute Gasteiger partial charge is 0.251 e. The summed E-state index contributed by atoms with van der Waals surface area (Å²) in [4.78, 5) is 0. The van der Waals surface area contributed by atoms with E-state index in [-0.39, 0.29) is 0 Å². The molecule has 26 heavy (non-hydrogen) atoms. The van der Waals surface area contributed by atoms with E-state index in [1.807, 2.05) is 0 Å². The van der Waals surface area contributed by atoms with Gasteiger partial charge in [-0.15, -0.1) is 0 Å². The van der Waals surface area contributed by atoms with E-state index in [1.165, 1.54) is 64.5 Å². The Bertz CT molecular complexity index is 867. The van der Waals surface area contributed by atoms with Gasteiger partial charge in [-0.25, -0.2) is 0 Å². The Morgan fingerprint density at radius 2 is 1.35 bits per heavy atom. The van der Waals surface area contributed by atoms with Crippen LogP contribution in [-0.2, 0) is 0 Å². The number of rotatable bonds is 8. The molecule has 0 aliphatic carbocycles. The minimum absolute atomic E-state index is 1.14. The first kappa shape index (κ1) is 19.0. The van der Waals surface area contributed by atoms with Gasteiger partial charge in [0.25, 0.3) is 8.32 Å². The van der Waals surface area contributed by atoms with Gasteiger partial charge in [-0.3, -0.25) is 0 Å². The predicted molar refractivity (Wildman–Crippen MR) is 118 cm³/mol. The summed E-state index contributed by atoms with van der Waals surface area (Å²) >= 11 is 0. The first-order valence-electron chi connectivity index (χ1n) is 10.2. The van der Waals surface area contributed by atoms with Crippen molar-refractivity contribution in [2.45, 2.75) is 65.1 Å². The first-order chi connectivity index (χ1) is 12.6. The molecule has 0 aliphatic rings. The number of fused-ring (bicyclic) bond motifs is 2. The van der Waals surface area contributed by atoms with E-state index in [1.54, 1.807) is 0 Å². The Hall–Kier alpha value is -1.80. The molecule has 2 heteroatoms. The van der Waals surface area contributed by atoms with Crippen molar-refractivity contribution in [1.82, 2.24) is 0 Å². The van der Waals surface area contributed by atoms with Crippen LogP contribution >= 0.6 is 0 Å². The maximum Gasteiger partial charge on any atom is 0.251 e. The lowest BCUT2D eigenvalue weighted by atomic mass is 10.0. The Balaban J connectivity index is 2.23. The van der Waals surface area contributed by atoms with Crippen molar-refractivity contribution < 1.29 is 4.43 Å². The van der Waals surface area contributed by atoms with Crippen LogP contribution in [-0.4, -0.2) is 8.32 Å². The van der Waals surface area contributed by atoms with Crippen molar-refractivity contribution in [3.05, 3.63) is 54.1 Å². The number of hydrogen-bond acceptors (Lipinski definition) is 1. The number of benzene rings is 3. The fourth-order valence-electron chi connectivity index (χ4n) is 4.36. The first-order valence-corrected chi connectivity index (χ1v) is 12.8. The van der Waals surface area contributed by atoms with Crippen molar-refractivity contribution in [1.29, 1.82) is 0 Å². The minimum Gasteiger partial charge on any atom is -0.543 e. The van der Waals surface area contributed by atoms with Gasteiger partial charge in [0, 0.05) is 10.8 Å². The third kappa shape index (κ3) is 3.80. The molecule has 3 aromatic carbocycles. The standard InChI is InChI=1S/C24H32OSi/c1-5-14-26(15-6-2,16-7-3)25-24-22-11-9-8-10-20(22)18-21-13-12-19(4)17-23(21)24/h8-13,17-18H,5-7,14-16H2,1-4H3.